The molecule has 3 rings (SSSR count). The number of para-hydroxylation sites is 1. The van der Waals surface area contributed by atoms with Crippen molar-refractivity contribution in [3.05, 3.63) is 54.6 Å². The van der Waals surface area contributed by atoms with Crippen LogP contribution in [-0.2, 0) is 4.79 Å². The van der Waals surface area contributed by atoms with Crippen molar-refractivity contribution in [1.29, 1.82) is 0 Å². The Balaban J connectivity index is 1.74. The normalized spacial score (nSPS) is 11.8. The molecule has 0 radical (unpaired) electrons. The number of hydrogen-bond donors (Lipinski definition) is 1. The Labute approximate surface area is 167 Å². The van der Waals surface area contributed by atoms with Gasteiger partial charge in [-0.2, -0.15) is 0 Å². The number of aromatic nitrogens is 2. The van der Waals surface area contributed by atoms with Crippen molar-refractivity contribution < 1.29 is 23.8 Å². The summed E-state index contributed by atoms with van der Waals surface area (Å²) in [5, 5.41) is 18.6. The van der Waals surface area contributed by atoms with E-state index in [-0.39, 0.29) is 10.9 Å². The lowest BCUT2D eigenvalue weighted by Crippen LogP contribution is -2.36. The fourth-order valence-electron chi connectivity index (χ4n) is 2.55. The van der Waals surface area contributed by atoms with E-state index in [1.54, 1.807) is 24.3 Å². The van der Waals surface area contributed by atoms with Crippen LogP contribution >= 0.6 is 11.8 Å². The minimum Gasteiger partial charge on any atom is -0.538 e. The Kier molecular flexibility index (Phi) is 6.54. The Morgan fingerprint density at radius 1 is 1.21 bits per heavy atom. The van der Waals surface area contributed by atoms with Crippen LogP contribution in [0.15, 0.2) is 64.1 Å². The number of nitrogens with zero attached hydrogens (tertiary/aromatic N) is 2. The molecule has 0 bridgehead atoms. The summed E-state index contributed by atoms with van der Waals surface area (Å²) >= 11 is 1.14. The molecule has 0 saturated heterocycles. The number of benzene rings is 2. The first-order valence-electron chi connectivity index (χ1n) is 8.97. The first-order chi connectivity index (χ1) is 13.6. The zero-order valence-corrected chi connectivity index (χ0v) is 16.4. The van der Waals surface area contributed by atoms with E-state index in [2.05, 4.69) is 10.6 Å². The molecule has 7 nitrogen and oxygen atoms in total. The molecule has 0 saturated carbocycles. The summed E-state index contributed by atoms with van der Waals surface area (Å²) in [5.74, 6) is -0.0238. The summed E-state index contributed by atoms with van der Waals surface area (Å²) in [6, 6.07) is 16.3. The van der Waals surface area contributed by atoms with Crippen LogP contribution in [0, 0.1) is 0 Å². The molecule has 1 amide bonds. The standard InChI is InChI=1S/C20H21N3O4S/c1-3-17(18(24)21-14-10-12-16(13-11-14)26-4-2)28-19-20(25)27-22-23(19)15-8-6-5-7-9-15/h5-13,17H,3-4H2,1-2H3,(H-,21,22,24,25). The van der Waals surface area contributed by atoms with Gasteiger partial charge in [0, 0.05) is 17.8 Å². The molecule has 0 aliphatic rings. The third-order valence-corrected chi connectivity index (χ3v) is 5.32. The fraction of sp³-hybridized carbons (Fsp3) is 0.250. The summed E-state index contributed by atoms with van der Waals surface area (Å²) in [5.41, 5.74) is 1.36. The topological polar surface area (TPSA) is 91.3 Å². The first-order valence-corrected chi connectivity index (χ1v) is 9.85. The number of amides is 1. The highest BCUT2D eigenvalue weighted by Crippen LogP contribution is 2.30. The molecule has 1 aromatic heterocycles. The molecule has 3 aromatic rings. The van der Waals surface area contributed by atoms with Crippen molar-refractivity contribution in [2.75, 3.05) is 11.9 Å². The van der Waals surface area contributed by atoms with Crippen molar-refractivity contribution in [3.63, 3.8) is 0 Å². The smallest absolute Gasteiger partial charge is 0.298 e. The second-order valence-corrected chi connectivity index (χ2v) is 7.07. The van der Waals surface area contributed by atoms with E-state index >= 15 is 0 Å². The molecule has 0 spiro atoms. The van der Waals surface area contributed by atoms with Gasteiger partial charge in [0.05, 0.1) is 17.1 Å². The van der Waals surface area contributed by atoms with Gasteiger partial charge in [0.2, 0.25) is 11.6 Å². The number of rotatable bonds is 8. The molecule has 8 heteroatoms. The van der Waals surface area contributed by atoms with Gasteiger partial charge >= 0.3 is 0 Å². The molecular weight excluding hydrogens is 378 g/mol. The maximum Gasteiger partial charge on any atom is 0.298 e. The predicted octanol–water partition coefficient (Wildman–Crippen LogP) is 2.93. The molecule has 1 atom stereocenters. The molecule has 28 heavy (non-hydrogen) atoms. The van der Waals surface area contributed by atoms with Gasteiger partial charge < -0.3 is 19.7 Å². The third-order valence-electron chi connectivity index (χ3n) is 3.92. The highest BCUT2D eigenvalue weighted by atomic mass is 32.2. The van der Waals surface area contributed by atoms with Crippen molar-refractivity contribution in [2.24, 2.45) is 0 Å². The zero-order chi connectivity index (χ0) is 19.9. The highest BCUT2D eigenvalue weighted by Gasteiger charge is 2.28. The number of ether oxygens (including phenoxy) is 1. The van der Waals surface area contributed by atoms with Gasteiger partial charge in [-0.05, 0) is 54.1 Å². The average Bonchev–Trinajstić information content (AvgIpc) is 3.08. The summed E-state index contributed by atoms with van der Waals surface area (Å²) < 4.78 is 11.6. The van der Waals surface area contributed by atoms with Gasteiger partial charge in [-0.3, -0.25) is 4.79 Å². The van der Waals surface area contributed by atoms with E-state index in [0.717, 1.165) is 17.5 Å². The Morgan fingerprint density at radius 2 is 1.93 bits per heavy atom. The minimum atomic E-state index is -0.568. The van der Waals surface area contributed by atoms with Crippen LogP contribution in [0.1, 0.15) is 20.3 Å². The van der Waals surface area contributed by atoms with Crippen LogP contribution in [0.5, 0.6) is 11.7 Å². The van der Waals surface area contributed by atoms with Gasteiger partial charge in [-0.1, -0.05) is 25.1 Å². The Bertz CT molecular complexity index is 913. The van der Waals surface area contributed by atoms with Crippen molar-refractivity contribution in [1.82, 2.24) is 5.27 Å². The van der Waals surface area contributed by atoms with E-state index in [1.807, 2.05) is 44.2 Å². The van der Waals surface area contributed by atoms with E-state index in [1.165, 1.54) is 4.68 Å². The number of nitrogens with one attached hydrogen (secondary N) is 1. The van der Waals surface area contributed by atoms with Gasteiger partial charge in [0.1, 0.15) is 5.75 Å². The molecule has 0 fully saturated rings. The van der Waals surface area contributed by atoms with E-state index in [9.17, 15) is 9.90 Å². The summed E-state index contributed by atoms with van der Waals surface area (Å²) in [7, 11) is 0. The molecule has 1 N–H and O–H groups in total. The number of carbonyl (C=O) groups is 1. The van der Waals surface area contributed by atoms with Crippen LogP contribution in [-0.4, -0.2) is 23.0 Å². The van der Waals surface area contributed by atoms with Crippen LogP contribution < -0.4 is 19.8 Å². The summed E-state index contributed by atoms with van der Waals surface area (Å²) in [6.45, 7) is 4.38. The maximum atomic E-state index is 12.7. The van der Waals surface area contributed by atoms with Crippen LogP contribution in [0.25, 0.3) is 5.69 Å². The largest absolute Gasteiger partial charge is 0.538 e. The molecule has 0 aliphatic carbocycles. The van der Waals surface area contributed by atoms with Gasteiger partial charge in [0.15, 0.2) is 5.95 Å². The van der Waals surface area contributed by atoms with Crippen molar-refractivity contribution >= 4 is 23.4 Å². The van der Waals surface area contributed by atoms with E-state index in [0.29, 0.717) is 24.4 Å². The van der Waals surface area contributed by atoms with Gasteiger partial charge in [0.25, 0.3) is 5.03 Å². The molecule has 2 aromatic carbocycles. The SMILES string of the molecule is CCOc1ccc(NC(=O)C(CC)Sc2c([O-])on[n+]2-c2ccccc2)cc1. The second kappa shape index (κ2) is 9.27. The molecular formula is C20H21N3O4S. The van der Waals surface area contributed by atoms with Crippen molar-refractivity contribution in [3.8, 4) is 17.4 Å². The average molecular weight is 399 g/mol. The Hall–Kier alpha value is -3.00. The lowest BCUT2D eigenvalue weighted by molar-refractivity contribution is -0.705. The van der Waals surface area contributed by atoms with Crippen molar-refractivity contribution in [2.45, 2.75) is 30.5 Å². The zero-order valence-electron chi connectivity index (χ0n) is 15.6. The first kappa shape index (κ1) is 19.8. The van der Waals surface area contributed by atoms with E-state index < -0.39 is 11.2 Å². The van der Waals surface area contributed by atoms with Crippen LogP contribution in [0.4, 0.5) is 5.69 Å². The third kappa shape index (κ3) is 4.64. The van der Waals surface area contributed by atoms with Gasteiger partial charge in [-0.15, -0.1) is 0 Å². The number of thioether (sulfide) groups is 1. The van der Waals surface area contributed by atoms with E-state index in [4.69, 9.17) is 9.26 Å². The molecule has 1 heterocycles. The number of hydrogen-bond acceptors (Lipinski definition) is 6. The van der Waals surface area contributed by atoms with Crippen LogP contribution in [0.2, 0.25) is 0 Å². The molecule has 146 valence electrons. The lowest BCUT2D eigenvalue weighted by Gasteiger charge is -2.13. The molecule has 0 aliphatic heterocycles. The number of anilines is 1. The monoisotopic (exact) mass is 399 g/mol. The highest BCUT2D eigenvalue weighted by molar-refractivity contribution is 8.00. The fourth-order valence-corrected chi connectivity index (χ4v) is 3.53. The quantitative estimate of drug-likeness (QED) is 0.463. The second-order valence-electron chi connectivity index (χ2n) is 5.87. The minimum absolute atomic E-state index is 0.197. The summed E-state index contributed by atoms with van der Waals surface area (Å²) in [6.07, 6.45) is 0.535. The van der Waals surface area contributed by atoms with Gasteiger partial charge in [-0.25, -0.2) is 0 Å². The number of carbonyl (C=O) groups excluding carboxylic acids is 1. The molecule has 1 unspecified atom stereocenters. The predicted molar refractivity (Wildman–Crippen MR) is 104 cm³/mol. The lowest BCUT2D eigenvalue weighted by atomic mass is 10.2. The summed E-state index contributed by atoms with van der Waals surface area (Å²) in [4.78, 5) is 12.7. The maximum absolute atomic E-state index is 12.7. The van der Waals surface area contributed by atoms with Crippen LogP contribution in [0.3, 0.4) is 0 Å². The Morgan fingerprint density at radius 3 is 2.57 bits per heavy atom.